The fraction of sp³-hybridized carbons (Fsp3) is 0.387. The smallest absolute Gasteiger partial charge is 0.267 e. The highest BCUT2D eigenvalue weighted by atomic mass is 32.2. The summed E-state index contributed by atoms with van der Waals surface area (Å²) in [6.45, 7) is 9.27. The van der Waals surface area contributed by atoms with Gasteiger partial charge in [0.1, 0.15) is 10.6 Å². The number of aromatic nitrogens is 2. The number of nitrogens with zero attached hydrogens (tertiary/aromatic N) is 2. The van der Waals surface area contributed by atoms with Crippen LogP contribution in [-0.2, 0) is 12.8 Å². The van der Waals surface area contributed by atoms with Crippen LogP contribution in [0.4, 0.5) is 4.39 Å². The van der Waals surface area contributed by atoms with E-state index >= 15 is 0 Å². The zero-order valence-corrected chi connectivity index (χ0v) is 25.0. The summed E-state index contributed by atoms with van der Waals surface area (Å²) in [6, 6.07) is 11.5. The second-order valence-electron chi connectivity index (χ2n) is 11.0. The first kappa shape index (κ1) is 28.4. The van der Waals surface area contributed by atoms with Crippen molar-refractivity contribution in [2.45, 2.75) is 52.1 Å². The van der Waals surface area contributed by atoms with Gasteiger partial charge in [0, 0.05) is 10.4 Å². The fourth-order valence-corrected chi connectivity index (χ4v) is 7.43. The van der Waals surface area contributed by atoms with E-state index in [4.69, 9.17) is 14.5 Å². The number of halogens is 1. The third-order valence-corrected chi connectivity index (χ3v) is 9.58. The van der Waals surface area contributed by atoms with Crippen LogP contribution in [0.15, 0.2) is 52.4 Å². The monoisotopic (exact) mass is 580 g/mol. The molecule has 0 saturated carbocycles. The Labute approximate surface area is 241 Å². The highest BCUT2D eigenvalue weighted by molar-refractivity contribution is 7.99. The molecule has 210 valence electrons. The third kappa shape index (κ3) is 5.54. The molecule has 0 amide bonds. The van der Waals surface area contributed by atoms with E-state index in [-0.39, 0.29) is 33.8 Å². The Kier molecular flexibility index (Phi) is 8.06. The maximum absolute atomic E-state index is 14.2. The third-order valence-electron chi connectivity index (χ3n) is 7.49. The van der Waals surface area contributed by atoms with Gasteiger partial charge in [0.05, 0.1) is 30.5 Å². The molecule has 6 nitrogen and oxygen atoms in total. The van der Waals surface area contributed by atoms with Crippen LogP contribution in [0.1, 0.15) is 54.9 Å². The van der Waals surface area contributed by atoms with Crippen LogP contribution in [0.5, 0.6) is 11.5 Å². The van der Waals surface area contributed by atoms with Gasteiger partial charge in [-0.05, 0) is 85.5 Å². The van der Waals surface area contributed by atoms with Crippen LogP contribution in [0, 0.1) is 17.2 Å². The zero-order valence-electron chi connectivity index (χ0n) is 23.4. The Morgan fingerprint density at radius 3 is 2.60 bits per heavy atom. The van der Waals surface area contributed by atoms with Crippen molar-refractivity contribution in [3.63, 3.8) is 0 Å². The molecule has 1 aliphatic rings. The van der Waals surface area contributed by atoms with E-state index in [2.05, 4.69) is 20.8 Å². The van der Waals surface area contributed by atoms with E-state index in [1.807, 2.05) is 31.2 Å². The number of thiophene rings is 1. The summed E-state index contributed by atoms with van der Waals surface area (Å²) in [5.41, 5.74) is 2.05. The summed E-state index contributed by atoms with van der Waals surface area (Å²) in [5, 5.41) is 1.10. The SMILES string of the molecule is CCOc1ccc(-n2c(SCC(=O)c3ccc(OC)c(F)c3)nc3sc4c(c3c2=O)CCC(C(C)(C)C)C4)cc1. The Morgan fingerprint density at radius 1 is 1.20 bits per heavy atom. The molecule has 0 bridgehead atoms. The Bertz CT molecular complexity index is 1620. The zero-order chi connectivity index (χ0) is 28.6. The highest BCUT2D eigenvalue weighted by Crippen LogP contribution is 2.42. The van der Waals surface area contributed by atoms with Crippen LogP contribution in [0.2, 0.25) is 0 Å². The summed E-state index contributed by atoms with van der Waals surface area (Å²) >= 11 is 2.77. The Balaban J connectivity index is 1.55. The van der Waals surface area contributed by atoms with Crippen molar-refractivity contribution < 1.29 is 18.7 Å². The fourth-order valence-electron chi connectivity index (χ4n) is 5.18. The number of hydrogen-bond donors (Lipinski definition) is 0. The van der Waals surface area contributed by atoms with Crippen LogP contribution in [-0.4, -0.2) is 34.8 Å². The number of rotatable bonds is 8. The summed E-state index contributed by atoms with van der Waals surface area (Å²) in [7, 11) is 1.38. The van der Waals surface area contributed by atoms with Crippen molar-refractivity contribution in [2.24, 2.45) is 11.3 Å². The van der Waals surface area contributed by atoms with Gasteiger partial charge < -0.3 is 9.47 Å². The maximum atomic E-state index is 14.2. The number of aryl methyl sites for hydroxylation is 1. The van der Waals surface area contributed by atoms with Gasteiger partial charge in [0.15, 0.2) is 22.5 Å². The number of methoxy groups -OCH3 is 1. The average molecular weight is 581 g/mol. The number of thioether (sulfide) groups is 1. The number of Topliss-reactive ketones (excluding diaryl/α,β-unsaturated/α-hetero) is 1. The lowest BCUT2D eigenvalue weighted by Gasteiger charge is -2.33. The molecule has 0 saturated heterocycles. The molecule has 0 N–H and O–H groups in total. The molecule has 2 aromatic heterocycles. The van der Waals surface area contributed by atoms with Crippen molar-refractivity contribution in [1.29, 1.82) is 0 Å². The van der Waals surface area contributed by atoms with E-state index < -0.39 is 5.82 Å². The summed E-state index contributed by atoms with van der Waals surface area (Å²) in [6.07, 6.45) is 2.83. The molecule has 2 heterocycles. The van der Waals surface area contributed by atoms with Crippen molar-refractivity contribution in [1.82, 2.24) is 9.55 Å². The molecule has 9 heteroatoms. The molecule has 2 aromatic carbocycles. The van der Waals surface area contributed by atoms with E-state index in [9.17, 15) is 14.0 Å². The van der Waals surface area contributed by atoms with Gasteiger partial charge in [0.2, 0.25) is 0 Å². The van der Waals surface area contributed by atoms with Gasteiger partial charge in [-0.3, -0.25) is 14.2 Å². The quantitative estimate of drug-likeness (QED) is 0.126. The first-order valence-corrected chi connectivity index (χ1v) is 15.2. The normalized spacial score (nSPS) is 15.2. The first-order valence-electron chi connectivity index (χ1n) is 13.4. The number of ketones is 1. The second kappa shape index (κ2) is 11.4. The van der Waals surface area contributed by atoms with E-state index in [1.54, 1.807) is 22.0 Å². The van der Waals surface area contributed by atoms with E-state index in [0.717, 1.165) is 24.8 Å². The minimum atomic E-state index is -0.595. The highest BCUT2D eigenvalue weighted by Gasteiger charge is 2.32. The molecular weight excluding hydrogens is 547 g/mol. The van der Waals surface area contributed by atoms with Gasteiger partial charge >= 0.3 is 0 Å². The molecule has 5 rings (SSSR count). The van der Waals surface area contributed by atoms with Crippen molar-refractivity contribution in [3.05, 3.63) is 74.6 Å². The average Bonchev–Trinajstić information content (AvgIpc) is 3.30. The molecule has 0 fully saturated rings. The van der Waals surface area contributed by atoms with Crippen LogP contribution in [0.3, 0.4) is 0 Å². The van der Waals surface area contributed by atoms with Gasteiger partial charge in [-0.1, -0.05) is 32.5 Å². The molecule has 4 aromatic rings. The second-order valence-corrected chi connectivity index (χ2v) is 13.0. The molecule has 0 spiro atoms. The Morgan fingerprint density at radius 2 is 1.95 bits per heavy atom. The first-order chi connectivity index (χ1) is 19.1. The number of carbonyl (C=O) groups excluding carboxylic acids is 1. The van der Waals surface area contributed by atoms with Crippen molar-refractivity contribution in [3.8, 4) is 17.2 Å². The van der Waals surface area contributed by atoms with E-state index in [1.165, 1.54) is 35.9 Å². The summed E-state index contributed by atoms with van der Waals surface area (Å²) in [4.78, 5) is 34.0. The van der Waals surface area contributed by atoms with Crippen molar-refractivity contribution in [2.75, 3.05) is 19.5 Å². The van der Waals surface area contributed by atoms with Gasteiger partial charge in [-0.25, -0.2) is 9.37 Å². The van der Waals surface area contributed by atoms with Gasteiger partial charge in [0.25, 0.3) is 5.56 Å². The standard InChI is InChI=1S/C31H33FN2O4S2/c1-6-38-21-11-9-20(10-12-21)34-29(36)27-22-13-8-19(31(2,3)4)16-26(22)40-28(27)33-30(34)39-17-24(35)18-7-14-25(37-5)23(32)15-18/h7,9-12,14-15,19H,6,8,13,16-17H2,1-5H3. The number of benzene rings is 2. The number of carbonyl (C=O) groups is 1. The number of fused-ring (bicyclic) bond motifs is 3. The van der Waals surface area contributed by atoms with Crippen molar-refractivity contribution >= 4 is 39.1 Å². The van der Waals surface area contributed by atoms with Gasteiger partial charge in [-0.15, -0.1) is 11.3 Å². The lowest BCUT2D eigenvalue weighted by molar-refractivity contribution is 0.102. The minimum absolute atomic E-state index is 0.00205. The topological polar surface area (TPSA) is 70.4 Å². The molecule has 1 atom stereocenters. The largest absolute Gasteiger partial charge is 0.494 e. The predicted molar refractivity (Wildman–Crippen MR) is 159 cm³/mol. The number of ether oxygens (including phenoxy) is 2. The summed E-state index contributed by atoms with van der Waals surface area (Å²) in [5.74, 6) is 0.464. The lowest BCUT2D eigenvalue weighted by atomic mass is 9.72. The van der Waals surface area contributed by atoms with Crippen LogP contribution < -0.4 is 15.0 Å². The van der Waals surface area contributed by atoms with Crippen LogP contribution >= 0.6 is 23.1 Å². The minimum Gasteiger partial charge on any atom is -0.494 e. The molecule has 0 aliphatic heterocycles. The lowest BCUT2D eigenvalue weighted by Crippen LogP contribution is -2.27. The predicted octanol–water partition coefficient (Wildman–Crippen LogP) is 7.12. The molecule has 0 radical (unpaired) electrons. The molecule has 1 unspecified atom stereocenters. The van der Waals surface area contributed by atoms with Gasteiger partial charge in [-0.2, -0.15) is 0 Å². The molecular formula is C31H33FN2O4S2. The Hall–Kier alpha value is -3.17. The number of hydrogen-bond acceptors (Lipinski definition) is 7. The van der Waals surface area contributed by atoms with E-state index in [0.29, 0.717) is 39.3 Å². The summed E-state index contributed by atoms with van der Waals surface area (Å²) < 4.78 is 26.4. The van der Waals surface area contributed by atoms with Crippen LogP contribution in [0.25, 0.3) is 15.9 Å². The maximum Gasteiger partial charge on any atom is 0.267 e. The molecule has 1 aliphatic carbocycles. The molecule has 40 heavy (non-hydrogen) atoms.